The zero-order valence-electron chi connectivity index (χ0n) is 14.4. The quantitative estimate of drug-likeness (QED) is 0.303. The zero-order chi connectivity index (χ0) is 17.9. The third-order valence-electron chi connectivity index (χ3n) is 3.22. The second-order valence-corrected chi connectivity index (χ2v) is 6.84. The van der Waals surface area contributed by atoms with E-state index in [2.05, 4.69) is 0 Å². The van der Waals surface area contributed by atoms with E-state index in [0.717, 1.165) is 19.3 Å². The van der Waals surface area contributed by atoms with Crippen LogP contribution in [0.4, 0.5) is 0 Å². The number of carbonyl (C=O) groups excluding carboxylic acids is 1. The maximum atomic E-state index is 11.8. The number of ether oxygens (including phenoxy) is 1. The van der Waals surface area contributed by atoms with E-state index in [4.69, 9.17) is 14.9 Å². The average Bonchev–Trinajstić information content (AvgIpc) is 2.34. The Morgan fingerprint density at radius 3 is 1.87 bits per heavy atom. The minimum absolute atomic E-state index is 0.184. The molecule has 1 atom stereocenters. The topological polar surface area (TPSA) is 101 Å². The van der Waals surface area contributed by atoms with Crippen LogP contribution >= 0.6 is 0 Å². The minimum atomic E-state index is -0.977. The van der Waals surface area contributed by atoms with Crippen LogP contribution in [0.5, 0.6) is 0 Å². The predicted molar refractivity (Wildman–Crippen MR) is 85.0 cm³/mol. The largest absolute Gasteiger partial charge is 0.481 e. The van der Waals surface area contributed by atoms with Gasteiger partial charge in [-0.1, -0.05) is 19.3 Å². The third kappa shape index (κ3) is 15.1. The van der Waals surface area contributed by atoms with Gasteiger partial charge in [0, 0.05) is 12.8 Å². The van der Waals surface area contributed by atoms with Crippen molar-refractivity contribution in [3.8, 4) is 0 Å². The Morgan fingerprint density at radius 2 is 1.39 bits per heavy atom. The fourth-order valence-electron chi connectivity index (χ4n) is 2.27. The Hall–Kier alpha value is -1.63. The molecule has 0 aromatic carbocycles. The van der Waals surface area contributed by atoms with Crippen LogP contribution < -0.4 is 0 Å². The van der Waals surface area contributed by atoms with Crippen LogP contribution in [0.2, 0.25) is 0 Å². The van der Waals surface area contributed by atoms with Gasteiger partial charge in [0.05, 0.1) is 27.6 Å². The van der Waals surface area contributed by atoms with E-state index >= 15 is 0 Å². The lowest BCUT2D eigenvalue weighted by Crippen LogP contribution is -2.43. The first-order chi connectivity index (χ1) is 10.6. The number of carboxylic acids is 2. The smallest absolute Gasteiger partial charge is 0.307 e. The number of aliphatic carboxylic acids is 2. The van der Waals surface area contributed by atoms with E-state index in [0.29, 0.717) is 23.9 Å². The molecular formula is C16H30NO6+. The average molecular weight is 332 g/mol. The molecule has 0 aromatic heterocycles. The lowest BCUT2D eigenvalue weighted by molar-refractivity contribution is -0.873. The third-order valence-corrected chi connectivity index (χ3v) is 3.22. The SMILES string of the molecule is C[N+](C)(C)C[C@@H](CC(=O)O)OC(=O)CCCCCCCC(=O)O. The number of hydrogen-bond donors (Lipinski definition) is 2. The minimum Gasteiger partial charge on any atom is -0.481 e. The van der Waals surface area contributed by atoms with Crippen molar-refractivity contribution >= 4 is 17.9 Å². The lowest BCUT2D eigenvalue weighted by Gasteiger charge is -2.28. The number of nitrogens with zero attached hydrogens (tertiary/aromatic N) is 1. The van der Waals surface area contributed by atoms with Crippen molar-refractivity contribution in [2.75, 3.05) is 27.7 Å². The molecule has 134 valence electrons. The summed E-state index contributed by atoms with van der Waals surface area (Å²) in [6.45, 7) is 0.452. The molecule has 0 saturated heterocycles. The zero-order valence-corrected chi connectivity index (χ0v) is 14.4. The van der Waals surface area contributed by atoms with Gasteiger partial charge in [-0.3, -0.25) is 14.4 Å². The molecule has 7 nitrogen and oxygen atoms in total. The highest BCUT2D eigenvalue weighted by Crippen LogP contribution is 2.10. The second kappa shape index (κ2) is 11.0. The van der Waals surface area contributed by atoms with Crippen molar-refractivity contribution in [1.82, 2.24) is 0 Å². The first kappa shape index (κ1) is 21.4. The molecule has 0 saturated carbocycles. The summed E-state index contributed by atoms with van der Waals surface area (Å²) in [5.74, 6) is -2.12. The molecule has 2 N–H and O–H groups in total. The van der Waals surface area contributed by atoms with Crippen LogP contribution in [-0.4, -0.2) is 66.4 Å². The molecule has 0 heterocycles. The van der Waals surface area contributed by atoms with E-state index in [9.17, 15) is 14.4 Å². The van der Waals surface area contributed by atoms with Crippen LogP contribution in [0, 0.1) is 0 Å². The predicted octanol–water partition coefficient (Wildman–Crippen LogP) is 1.89. The summed E-state index contributed by atoms with van der Waals surface area (Å²) >= 11 is 0. The van der Waals surface area contributed by atoms with E-state index in [-0.39, 0.29) is 25.2 Å². The normalized spacial score (nSPS) is 12.7. The van der Waals surface area contributed by atoms with Gasteiger partial charge in [-0.25, -0.2) is 0 Å². The summed E-state index contributed by atoms with van der Waals surface area (Å²) in [5.41, 5.74) is 0. The molecule has 0 aliphatic heterocycles. The van der Waals surface area contributed by atoms with Crippen LogP contribution in [0.3, 0.4) is 0 Å². The summed E-state index contributed by atoms with van der Waals surface area (Å²) < 4.78 is 5.81. The van der Waals surface area contributed by atoms with Crippen molar-refractivity contribution in [2.45, 2.75) is 57.5 Å². The molecule has 0 rings (SSSR count). The van der Waals surface area contributed by atoms with Gasteiger partial charge in [0.15, 0.2) is 6.10 Å². The Balaban J connectivity index is 3.94. The number of unbranched alkanes of at least 4 members (excludes halogenated alkanes) is 4. The van der Waals surface area contributed by atoms with Crippen LogP contribution in [0.25, 0.3) is 0 Å². The van der Waals surface area contributed by atoms with Gasteiger partial charge in [-0.05, 0) is 12.8 Å². The van der Waals surface area contributed by atoms with Crippen molar-refractivity contribution in [2.24, 2.45) is 0 Å². The molecule has 0 radical (unpaired) electrons. The highest BCUT2D eigenvalue weighted by atomic mass is 16.5. The Kier molecular flexibility index (Phi) is 10.2. The van der Waals surface area contributed by atoms with Gasteiger partial charge in [0.1, 0.15) is 6.54 Å². The van der Waals surface area contributed by atoms with E-state index in [1.54, 1.807) is 0 Å². The summed E-state index contributed by atoms with van der Waals surface area (Å²) in [6.07, 6.45) is 3.55. The van der Waals surface area contributed by atoms with Crippen molar-refractivity contribution in [3.63, 3.8) is 0 Å². The monoisotopic (exact) mass is 332 g/mol. The van der Waals surface area contributed by atoms with Crippen LogP contribution in [0.15, 0.2) is 0 Å². The second-order valence-electron chi connectivity index (χ2n) is 6.84. The fourth-order valence-corrected chi connectivity index (χ4v) is 2.27. The molecule has 0 aromatic rings. The van der Waals surface area contributed by atoms with Crippen molar-refractivity contribution in [3.05, 3.63) is 0 Å². The van der Waals surface area contributed by atoms with Crippen LogP contribution in [-0.2, 0) is 19.1 Å². The number of carboxylic acid groups (broad SMARTS) is 2. The molecule has 0 fully saturated rings. The fraction of sp³-hybridized carbons (Fsp3) is 0.812. The Morgan fingerprint density at radius 1 is 0.870 bits per heavy atom. The van der Waals surface area contributed by atoms with Gasteiger partial charge in [0.25, 0.3) is 0 Å². The van der Waals surface area contributed by atoms with Gasteiger partial charge in [-0.2, -0.15) is 0 Å². The van der Waals surface area contributed by atoms with Gasteiger partial charge in [-0.15, -0.1) is 0 Å². The summed E-state index contributed by atoms with van der Waals surface area (Å²) in [4.78, 5) is 33.0. The number of esters is 1. The molecule has 0 unspecified atom stereocenters. The van der Waals surface area contributed by atoms with E-state index < -0.39 is 18.0 Å². The molecule has 0 aliphatic carbocycles. The molecule has 7 heteroatoms. The number of rotatable bonds is 13. The number of carbonyl (C=O) groups is 3. The summed E-state index contributed by atoms with van der Waals surface area (Å²) in [7, 11) is 5.75. The maximum Gasteiger partial charge on any atom is 0.307 e. The van der Waals surface area contributed by atoms with Crippen LogP contribution in [0.1, 0.15) is 51.4 Å². The summed E-state index contributed by atoms with van der Waals surface area (Å²) in [5, 5.41) is 17.4. The van der Waals surface area contributed by atoms with Crippen molar-refractivity contribution in [1.29, 1.82) is 0 Å². The molecular weight excluding hydrogens is 302 g/mol. The first-order valence-corrected chi connectivity index (χ1v) is 8.03. The van der Waals surface area contributed by atoms with Gasteiger partial charge in [0.2, 0.25) is 0 Å². The molecule has 0 spiro atoms. The lowest BCUT2D eigenvalue weighted by atomic mass is 10.1. The Bertz CT molecular complexity index is 389. The van der Waals surface area contributed by atoms with E-state index in [1.165, 1.54) is 0 Å². The highest BCUT2D eigenvalue weighted by molar-refractivity contribution is 5.71. The Labute approximate surface area is 137 Å². The summed E-state index contributed by atoms with van der Waals surface area (Å²) in [6, 6.07) is 0. The number of quaternary nitrogens is 1. The van der Waals surface area contributed by atoms with Gasteiger partial charge < -0.3 is 19.4 Å². The van der Waals surface area contributed by atoms with Crippen molar-refractivity contribution < 1.29 is 33.8 Å². The van der Waals surface area contributed by atoms with E-state index in [1.807, 2.05) is 21.1 Å². The molecule has 0 amide bonds. The first-order valence-electron chi connectivity index (χ1n) is 8.03. The number of hydrogen-bond acceptors (Lipinski definition) is 4. The van der Waals surface area contributed by atoms with Gasteiger partial charge >= 0.3 is 17.9 Å². The number of likely N-dealkylation sites (N-methyl/N-ethyl adjacent to an activating group) is 1. The maximum absolute atomic E-state index is 11.8. The molecule has 23 heavy (non-hydrogen) atoms. The molecule has 0 bridgehead atoms. The highest BCUT2D eigenvalue weighted by Gasteiger charge is 2.24. The standard InChI is InChI=1S/C16H29NO6/c1-17(2,3)12-13(11-15(20)21)23-16(22)10-8-6-4-5-7-9-14(18)19/h13H,4-12H2,1-3H3,(H-,18,19,20,21)/p+1/t13-/m1/s1. The molecule has 0 aliphatic rings.